The van der Waals surface area contributed by atoms with Gasteiger partial charge in [0.15, 0.2) is 0 Å². The van der Waals surface area contributed by atoms with Crippen LogP contribution in [0, 0.1) is 0 Å². The molecule has 0 bridgehead atoms. The standard InChI is InChI=1S/C13H16N2O2S2/c14-12(11-5-2-1-3-6-11)8-9-15-19(16,17)13-7-4-10-18-13/h1-7,10,12,15H,8-9,14H2. The van der Waals surface area contributed by atoms with Crippen molar-refractivity contribution in [1.82, 2.24) is 4.72 Å². The molecule has 1 atom stereocenters. The Morgan fingerprint density at radius 3 is 2.53 bits per heavy atom. The highest BCUT2D eigenvalue weighted by Crippen LogP contribution is 2.16. The van der Waals surface area contributed by atoms with Gasteiger partial charge in [-0.2, -0.15) is 0 Å². The number of sulfonamides is 1. The lowest BCUT2D eigenvalue weighted by Crippen LogP contribution is -2.26. The van der Waals surface area contributed by atoms with Gasteiger partial charge < -0.3 is 5.73 Å². The first-order valence-corrected chi connectivity index (χ1v) is 8.29. The zero-order valence-electron chi connectivity index (χ0n) is 10.3. The molecule has 3 N–H and O–H groups in total. The van der Waals surface area contributed by atoms with E-state index in [1.807, 2.05) is 30.3 Å². The van der Waals surface area contributed by atoms with Gasteiger partial charge in [-0.15, -0.1) is 11.3 Å². The first-order valence-electron chi connectivity index (χ1n) is 5.93. The van der Waals surface area contributed by atoms with Crippen LogP contribution in [0.4, 0.5) is 0 Å². The molecule has 0 amide bonds. The first kappa shape index (κ1) is 14.2. The van der Waals surface area contributed by atoms with E-state index in [2.05, 4.69) is 4.72 Å². The van der Waals surface area contributed by atoms with Crippen molar-refractivity contribution in [3.05, 3.63) is 53.4 Å². The molecule has 102 valence electrons. The molecule has 0 saturated carbocycles. The minimum atomic E-state index is -3.38. The Morgan fingerprint density at radius 2 is 1.89 bits per heavy atom. The van der Waals surface area contributed by atoms with Crippen LogP contribution in [-0.2, 0) is 10.0 Å². The number of nitrogens with two attached hydrogens (primary N) is 1. The van der Waals surface area contributed by atoms with E-state index < -0.39 is 10.0 Å². The molecule has 4 nitrogen and oxygen atoms in total. The van der Waals surface area contributed by atoms with Gasteiger partial charge in [-0.3, -0.25) is 0 Å². The van der Waals surface area contributed by atoms with Crippen molar-refractivity contribution in [1.29, 1.82) is 0 Å². The number of hydrogen-bond acceptors (Lipinski definition) is 4. The molecule has 0 aliphatic rings. The molecule has 0 fully saturated rings. The highest BCUT2D eigenvalue weighted by atomic mass is 32.2. The van der Waals surface area contributed by atoms with Crippen LogP contribution in [-0.4, -0.2) is 15.0 Å². The quantitative estimate of drug-likeness (QED) is 0.857. The SMILES string of the molecule is NC(CCNS(=O)(=O)c1cccs1)c1ccccc1. The average molecular weight is 296 g/mol. The molecule has 6 heteroatoms. The monoisotopic (exact) mass is 296 g/mol. The third kappa shape index (κ3) is 3.87. The van der Waals surface area contributed by atoms with Crippen LogP contribution in [0.1, 0.15) is 18.0 Å². The summed E-state index contributed by atoms with van der Waals surface area (Å²) in [5.41, 5.74) is 7.02. The highest BCUT2D eigenvalue weighted by Gasteiger charge is 2.15. The van der Waals surface area contributed by atoms with Crippen LogP contribution < -0.4 is 10.5 Å². The topological polar surface area (TPSA) is 72.2 Å². The van der Waals surface area contributed by atoms with Crippen LogP contribution in [0.3, 0.4) is 0 Å². The zero-order chi connectivity index (χ0) is 13.7. The Labute approximate surface area is 117 Å². The van der Waals surface area contributed by atoms with E-state index in [1.54, 1.807) is 17.5 Å². The van der Waals surface area contributed by atoms with E-state index in [9.17, 15) is 8.42 Å². The highest BCUT2D eigenvalue weighted by molar-refractivity contribution is 7.91. The maximum Gasteiger partial charge on any atom is 0.250 e. The average Bonchev–Trinajstić information content (AvgIpc) is 2.94. The Hall–Kier alpha value is -1.21. The molecule has 2 aromatic rings. The Balaban J connectivity index is 1.87. The fourth-order valence-corrected chi connectivity index (χ4v) is 3.79. The van der Waals surface area contributed by atoms with Crippen molar-refractivity contribution < 1.29 is 8.42 Å². The third-order valence-electron chi connectivity index (χ3n) is 2.74. The summed E-state index contributed by atoms with van der Waals surface area (Å²) in [6.45, 7) is 0.330. The van der Waals surface area contributed by atoms with E-state index in [4.69, 9.17) is 5.73 Å². The summed E-state index contributed by atoms with van der Waals surface area (Å²) in [7, 11) is -3.38. The third-order valence-corrected chi connectivity index (χ3v) is 5.59. The van der Waals surface area contributed by atoms with Crippen molar-refractivity contribution in [2.75, 3.05) is 6.54 Å². The van der Waals surface area contributed by atoms with Crippen LogP contribution >= 0.6 is 11.3 Å². The lowest BCUT2D eigenvalue weighted by molar-refractivity contribution is 0.571. The lowest BCUT2D eigenvalue weighted by Gasteiger charge is -2.12. The molecule has 1 heterocycles. The largest absolute Gasteiger partial charge is 0.324 e. The smallest absolute Gasteiger partial charge is 0.250 e. The molecule has 0 aliphatic carbocycles. The maximum absolute atomic E-state index is 11.9. The summed E-state index contributed by atoms with van der Waals surface area (Å²) >= 11 is 1.20. The Bertz CT molecular complexity index is 595. The van der Waals surface area contributed by atoms with Crippen LogP contribution in [0.25, 0.3) is 0 Å². The molecule has 2 rings (SSSR count). The van der Waals surface area contributed by atoms with Crippen LogP contribution in [0.5, 0.6) is 0 Å². The normalized spacial score (nSPS) is 13.3. The predicted molar refractivity (Wildman–Crippen MR) is 77.5 cm³/mol. The summed E-state index contributed by atoms with van der Waals surface area (Å²) in [6, 6.07) is 12.8. The van der Waals surface area contributed by atoms with Gasteiger partial charge in [-0.1, -0.05) is 36.4 Å². The summed E-state index contributed by atoms with van der Waals surface area (Å²) in [6.07, 6.45) is 0.564. The minimum absolute atomic E-state index is 0.160. The van der Waals surface area contributed by atoms with Crippen LogP contribution in [0.2, 0.25) is 0 Å². The number of hydrogen-bond donors (Lipinski definition) is 2. The van der Waals surface area contributed by atoms with Gasteiger partial charge >= 0.3 is 0 Å². The van der Waals surface area contributed by atoms with Crippen molar-refractivity contribution >= 4 is 21.4 Å². The van der Waals surface area contributed by atoms with Gasteiger partial charge in [0, 0.05) is 12.6 Å². The lowest BCUT2D eigenvalue weighted by atomic mass is 10.1. The fourth-order valence-electron chi connectivity index (χ4n) is 1.70. The molecule has 19 heavy (non-hydrogen) atoms. The Morgan fingerprint density at radius 1 is 1.16 bits per heavy atom. The fraction of sp³-hybridized carbons (Fsp3) is 0.231. The molecular weight excluding hydrogens is 280 g/mol. The molecular formula is C13H16N2O2S2. The molecule has 0 saturated heterocycles. The molecule has 1 aromatic carbocycles. The van der Waals surface area contributed by atoms with Gasteiger partial charge in [0.05, 0.1) is 0 Å². The van der Waals surface area contributed by atoms with E-state index in [-0.39, 0.29) is 6.04 Å². The number of rotatable bonds is 6. The predicted octanol–water partition coefficient (Wildman–Crippen LogP) is 2.12. The van der Waals surface area contributed by atoms with E-state index >= 15 is 0 Å². The van der Waals surface area contributed by atoms with Crippen molar-refractivity contribution in [3.8, 4) is 0 Å². The summed E-state index contributed by atoms with van der Waals surface area (Å²) in [4.78, 5) is 0. The molecule has 0 aliphatic heterocycles. The summed E-state index contributed by atoms with van der Waals surface area (Å²) < 4.78 is 26.6. The van der Waals surface area contributed by atoms with Crippen molar-refractivity contribution in [2.24, 2.45) is 5.73 Å². The number of nitrogens with one attached hydrogen (secondary N) is 1. The maximum atomic E-state index is 11.9. The van der Waals surface area contributed by atoms with Gasteiger partial charge in [0.25, 0.3) is 0 Å². The summed E-state index contributed by atoms with van der Waals surface area (Å²) in [5.74, 6) is 0. The second-order valence-corrected chi connectivity index (χ2v) is 7.08. The molecule has 0 spiro atoms. The first-order chi connectivity index (χ1) is 9.09. The van der Waals surface area contributed by atoms with Gasteiger partial charge in [-0.25, -0.2) is 13.1 Å². The minimum Gasteiger partial charge on any atom is -0.324 e. The molecule has 1 aromatic heterocycles. The molecule has 0 radical (unpaired) electrons. The van der Waals surface area contributed by atoms with Gasteiger partial charge in [-0.05, 0) is 23.4 Å². The van der Waals surface area contributed by atoms with Gasteiger partial charge in [0.2, 0.25) is 10.0 Å². The van der Waals surface area contributed by atoms with Gasteiger partial charge in [0.1, 0.15) is 4.21 Å². The van der Waals surface area contributed by atoms with Crippen molar-refractivity contribution in [3.63, 3.8) is 0 Å². The second kappa shape index (κ2) is 6.29. The number of benzene rings is 1. The second-order valence-electron chi connectivity index (χ2n) is 4.14. The Kier molecular flexibility index (Phi) is 4.71. The molecule has 1 unspecified atom stereocenters. The van der Waals surface area contributed by atoms with E-state index in [1.165, 1.54) is 11.3 Å². The van der Waals surface area contributed by atoms with Crippen molar-refractivity contribution in [2.45, 2.75) is 16.7 Å². The van der Waals surface area contributed by atoms with Crippen LogP contribution in [0.15, 0.2) is 52.1 Å². The zero-order valence-corrected chi connectivity index (χ0v) is 12.0. The van der Waals surface area contributed by atoms with E-state index in [0.717, 1.165) is 5.56 Å². The van der Waals surface area contributed by atoms with E-state index in [0.29, 0.717) is 17.2 Å². The summed E-state index contributed by atoms with van der Waals surface area (Å²) in [5, 5.41) is 1.74. The number of thiophene rings is 1.